The minimum absolute atomic E-state index is 0.0289. The smallest absolute Gasteiger partial charge is 0.125 e. The van der Waals surface area contributed by atoms with Crippen molar-refractivity contribution in [2.24, 2.45) is 0 Å². The summed E-state index contributed by atoms with van der Waals surface area (Å²) < 4.78 is 5.08. The van der Waals surface area contributed by atoms with Gasteiger partial charge in [-0.1, -0.05) is 12.6 Å². The first kappa shape index (κ1) is 9.45. The second-order valence-corrected chi connectivity index (χ2v) is 2.77. The third-order valence-electron chi connectivity index (χ3n) is 1.59. The lowest BCUT2D eigenvalue weighted by Gasteiger charge is -2.08. The molecule has 0 saturated heterocycles. The molecule has 0 spiro atoms. The monoisotopic (exact) mass is 180 g/mol. The van der Waals surface area contributed by atoms with Crippen molar-refractivity contribution in [3.8, 4) is 11.5 Å². The summed E-state index contributed by atoms with van der Waals surface area (Å²) in [7, 11) is 0. The number of phenolic OH excluding ortho intramolecular Hbond substituents is 2. The predicted molar refractivity (Wildman–Crippen MR) is 49.4 cm³/mol. The standard InChI is InChI=1S/C10H12O3/c1-7(2)13-6-8-9(11)4-3-5-10(8)12/h3-5,11-12H,1,6H2,2H3. The molecular formula is C10H12O3. The van der Waals surface area contributed by atoms with Crippen LogP contribution in [0.1, 0.15) is 12.5 Å². The highest BCUT2D eigenvalue weighted by Crippen LogP contribution is 2.27. The van der Waals surface area contributed by atoms with Gasteiger partial charge in [0.05, 0.1) is 11.3 Å². The molecule has 0 unspecified atom stereocenters. The summed E-state index contributed by atoms with van der Waals surface area (Å²) in [6.45, 7) is 5.38. The Hall–Kier alpha value is -1.64. The lowest BCUT2D eigenvalue weighted by molar-refractivity contribution is 0.196. The number of allylic oxidation sites excluding steroid dienone is 1. The van der Waals surface area contributed by atoms with Crippen molar-refractivity contribution in [2.45, 2.75) is 13.5 Å². The van der Waals surface area contributed by atoms with E-state index in [-0.39, 0.29) is 18.1 Å². The number of hydrogen-bond donors (Lipinski definition) is 2. The Morgan fingerprint density at radius 3 is 2.38 bits per heavy atom. The molecule has 0 aliphatic carbocycles. The Morgan fingerprint density at radius 1 is 1.38 bits per heavy atom. The third kappa shape index (κ3) is 2.40. The highest BCUT2D eigenvalue weighted by Gasteiger charge is 2.06. The van der Waals surface area contributed by atoms with Crippen LogP contribution in [0.5, 0.6) is 11.5 Å². The number of ether oxygens (including phenoxy) is 1. The maximum Gasteiger partial charge on any atom is 0.125 e. The van der Waals surface area contributed by atoms with E-state index in [1.54, 1.807) is 13.0 Å². The Bertz CT molecular complexity index is 298. The summed E-state index contributed by atoms with van der Waals surface area (Å²) in [5.74, 6) is 0.602. The molecule has 0 radical (unpaired) electrons. The first-order valence-corrected chi connectivity index (χ1v) is 3.89. The molecule has 70 valence electrons. The van der Waals surface area contributed by atoms with Crippen LogP contribution in [-0.4, -0.2) is 10.2 Å². The molecule has 0 fully saturated rings. The van der Waals surface area contributed by atoms with Gasteiger partial charge in [0.2, 0.25) is 0 Å². The van der Waals surface area contributed by atoms with E-state index in [1.807, 2.05) is 0 Å². The largest absolute Gasteiger partial charge is 0.507 e. The maximum atomic E-state index is 9.33. The summed E-state index contributed by atoms with van der Waals surface area (Å²) in [6, 6.07) is 4.56. The predicted octanol–water partition coefficient (Wildman–Crippen LogP) is 2.15. The SMILES string of the molecule is C=C(C)OCc1c(O)cccc1O. The van der Waals surface area contributed by atoms with Gasteiger partial charge in [-0.25, -0.2) is 0 Å². The molecule has 0 atom stereocenters. The molecule has 13 heavy (non-hydrogen) atoms. The van der Waals surface area contributed by atoms with Gasteiger partial charge >= 0.3 is 0 Å². The molecule has 1 aromatic carbocycles. The van der Waals surface area contributed by atoms with E-state index in [4.69, 9.17) is 4.74 Å². The maximum absolute atomic E-state index is 9.33. The Kier molecular flexibility index (Phi) is 2.80. The van der Waals surface area contributed by atoms with Gasteiger partial charge in [-0.2, -0.15) is 0 Å². The first-order chi connectivity index (χ1) is 6.11. The fraction of sp³-hybridized carbons (Fsp3) is 0.200. The zero-order valence-corrected chi connectivity index (χ0v) is 7.45. The van der Waals surface area contributed by atoms with Crippen molar-refractivity contribution >= 4 is 0 Å². The van der Waals surface area contributed by atoms with Crippen molar-refractivity contribution < 1.29 is 14.9 Å². The van der Waals surface area contributed by atoms with Gasteiger partial charge in [0.1, 0.15) is 18.1 Å². The number of aromatic hydroxyl groups is 2. The number of phenols is 2. The fourth-order valence-corrected chi connectivity index (χ4v) is 0.906. The normalized spacial score (nSPS) is 9.62. The van der Waals surface area contributed by atoms with E-state index in [9.17, 15) is 10.2 Å². The van der Waals surface area contributed by atoms with E-state index < -0.39 is 0 Å². The molecule has 0 heterocycles. The van der Waals surface area contributed by atoms with Gasteiger partial charge in [0.25, 0.3) is 0 Å². The zero-order valence-electron chi connectivity index (χ0n) is 7.45. The highest BCUT2D eigenvalue weighted by atomic mass is 16.5. The van der Waals surface area contributed by atoms with Gasteiger partial charge in [-0.15, -0.1) is 0 Å². The molecule has 0 aliphatic heterocycles. The first-order valence-electron chi connectivity index (χ1n) is 3.89. The summed E-state index contributed by atoms with van der Waals surface area (Å²) in [5.41, 5.74) is 0.380. The molecule has 0 aromatic heterocycles. The van der Waals surface area contributed by atoms with Gasteiger partial charge in [-0.3, -0.25) is 0 Å². The Balaban J connectivity index is 2.81. The van der Waals surface area contributed by atoms with E-state index >= 15 is 0 Å². The average molecular weight is 180 g/mol. The molecule has 3 heteroatoms. The molecule has 0 saturated carbocycles. The van der Waals surface area contributed by atoms with Gasteiger partial charge in [-0.05, 0) is 19.1 Å². The summed E-state index contributed by atoms with van der Waals surface area (Å²) >= 11 is 0. The molecule has 2 N–H and O–H groups in total. The van der Waals surface area contributed by atoms with Crippen LogP contribution < -0.4 is 0 Å². The van der Waals surface area contributed by atoms with Crippen molar-refractivity contribution in [3.63, 3.8) is 0 Å². The number of hydrogen-bond acceptors (Lipinski definition) is 3. The average Bonchev–Trinajstić information content (AvgIpc) is 2.03. The number of rotatable bonds is 3. The minimum atomic E-state index is 0.0289. The molecule has 3 nitrogen and oxygen atoms in total. The van der Waals surface area contributed by atoms with Crippen LogP contribution in [0.3, 0.4) is 0 Å². The number of benzene rings is 1. The van der Waals surface area contributed by atoms with Crippen LogP contribution in [0.15, 0.2) is 30.5 Å². The van der Waals surface area contributed by atoms with E-state index in [0.29, 0.717) is 11.3 Å². The third-order valence-corrected chi connectivity index (χ3v) is 1.59. The van der Waals surface area contributed by atoms with Gasteiger partial charge in [0.15, 0.2) is 0 Å². The van der Waals surface area contributed by atoms with Crippen LogP contribution >= 0.6 is 0 Å². The second kappa shape index (κ2) is 3.85. The van der Waals surface area contributed by atoms with E-state index in [1.165, 1.54) is 12.1 Å². The molecule has 0 bridgehead atoms. The summed E-state index contributed by atoms with van der Waals surface area (Å²) in [4.78, 5) is 0. The molecule has 1 rings (SSSR count). The van der Waals surface area contributed by atoms with Gasteiger partial charge in [0, 0.05) is 0 Å². The molecule has 0 aliphatic rings. The Labute approximate surface area is 76.9 Å². The van der Waals surface area contributed by atoms with Gasteiger partial charge < -0.3 is 14.9 Å². The molecule has 0 amide bonds. The minimum Gasteiger partial charge on any atom is -0.507 e. The Morgan fingerprint density at radius 2 is 1.92 bits per heavy atom. The highest BCUT2D eigenvalue weighted by molar-refractivity contribution is 5.42. The zero-order chi connectivity index (χ0) is 9.84. The second-order valence-electron chi connectivity index (χ2n) is 2.77. The van der Waals surface area contributed by atoms with E-state index in [2.05, 4.69) is 6.58 Å². The topological polar surface area (TPSA) is 49.7 Å². The fourth-order valence-electron chi connectivity index (χ4n) is 0.906. The van der Waals surface area contributed by atoms with Crippen LogP contribution in [0.4, 0.5) is 0 Å². The van der Waals surface area contributed by atoms with Crippen LogP contribution in [-0.2, 0) is 11.3 Å². The van der Waals surface area contributed by atoms with Crippen molar-refractivity contribution in [1.29, 1.82) is 0 Å². The van der Waals surface area contributed by atoms with E-state index in [0.717, 1.165) is 0 Å². The lowest BCUT2D eigenvalue weighted by atomic mass is 10.2. The van der Waals surface area contributed by atoms with Crippen LogP contribution in [0.25, 0.3) is 0 Å². The van der Waals surface area contributed by atoms with Crippen molar-refractivity contribution in [3.05, 3.63) is 36.1 Å². The van der Waals surface area contributed by atoms with Crippen LogP contribution in [0.2, 0.25) is 0 Å². The van der Waals surface area contributed by atoms with Crippen molar-refractivity contribution in [2.75, 3.05) is 0 Å². The summed E-state index contributed by atoms with van der Waals surface area (Å²) in [5, 5.41) is 18.7. The molecular weight excluding hydrogens is 168 g/mol. The molecule has 1 aromatic rings. The summed E-state index contributed by atoms with van der Waals surface area (Å²) in [6.07, 6.45) is 0. The van der Waals surface area contributed by atoms with Crippen molar-refractivity contribution in [1.82, 2.24) is 0 Å². The van der Waals surface area contributed by atoms with Crippen LogP contribution in [0, 0.1) is 0 Å². The quantitative estimate of drug-likeness (QED) is 0.701. The lowest BCUT2D eigenvalue weighted by Crippen LogP contribution is -1.91.